The molecule has 7 nitrogen and oxygen atoms in total. The summed E-state index contributed by atoms with van der Waals surface area (Å²) in [5.41, 5.74) is 1.82. The van der Waals surface area contributed by atoms with Crippen LogP contribution in [0.2, 0.25) is 0 Å². The Bertz CT molecular complexity index is 1220. The molecule has 0 bridgehead atoms. The highest BCUT2D eigenvalue weighted by atomic mass is 32.2. The summed E-state index contributed by atoms with van der Waals surface area (Å²) in [5.74, 6) is 0.164. The molecule has 8 heteroatoms. The van der Waals surface area contributed by atoms with Crippen LogP contribution in [-0.2, 0) is 21.9 Å². The van der Waals surface area contributed by atoms with Crippen molar-refractivity contribution in [2.45, 2.75) is 36.5 Å². The predicted octanol–water partition coefficient (Wildman–Crippen LogP) is 2.93. The van der Waals surface area contributed by atoms with Crippen LogP contribution >= 0.6 is 0 Å². The maximum atomic E-state index is 13.3. The largest absolute Gasteiger partial charge is 0.388 e. The number of nitrogens with zero attached hydrogens (tertiary/aromatic N) is 3. The third-order valence-corrected chi connectivity index (χ3v) is 8.50. The fourth-order valence-corrected chi connectivity index (χ4v) is 6.15. The summed E-state index contributed by atoms with van der Waals surface area (Å²) >= 11 is 0. The van der Waals surface area contributed by atoms with E-state index < -0.39 is 22.4 Å². The molecule has 1 fully saturated rings. The van der Waals surface area contributed by atoms with Gasteiger partial charge in [0.2, 0.25) is 10.0 Å². The molecule has 1 aromatic heterocycles. The Morgan fingerprint density at radius 2 is 1.61 bits per heavy atom. The van der Waals surface area contributed by atoms with Gasteiger partial charge in [0.1, 0.15) is 12.4 Å². The maximum Gasteiger partial charge on any atom is 0.243 e. The Morgan fingerprint density at radius 3 is 2.21 bits per heavy atom. The molecule has 1 aliphatic heterocycles. The molecule has 0 atom stereocenters. The number of ketones is 1. The second kappa shape index (κ2) is 9.51. The summed E-state index contributed by atoms with van der Waals surface area (Å²) in [4.78, 5) is 20.8. The van der Waals surface area contributed by atoms with E-state index in [9.17, 15) is 13.2 Å². The Labute approximate surface area is 194 Å². The molecule has 0 amide bonds. The van der Waals surface area contributed by atoms with Crippen LogP contribution in [0, 0.1) is 6.92 Å². The first-order chi connectivity index (χ1) is 15.9. The highest BCUT2D eigenvalue weighted by Gasteiger charge is 2.40. The van der Waals surface area contributed by atoms with Crippen LogP contribution in [0.5, 0.6) is 0 Å². The smallest absolute Gasteiger partial charge is 0.243 e. The predicted molar refractivity (Wildman–Crippen MR) is 124 cm³/mol. The molecule has 0 unspecified atom stereocenters. The van der Waals surface area contributed by atoms with Crippen molar-refractivity contribution in [1.29, 1.82) is 0 Å². The zero-order chi connectivity index (χ0) is 23.5. The molecule has 1 N–H and O–H groups in total. The molecule has 1 saturated heterocycles. The van der Waals surface area contributed by atoms with Crippen LogP contribution in [0.3, 0.4) is 0 Å². The van der Waals surface area contributed by atoms with Crippen molar-refractivity contribution < 1.29 is 18.3 Å². The fourth-order valence-electron chi connectivity index (χ4n) is 4.48. The van der Waals surface area contributed by atoms with E-state index >= 15 is 0 Å². The van der Waals surface area contributed by atoms with Gasteiger partial charge in [0.15, 0.2) is 5.78 Å². The van der Waals surface area contributed by atoms with Gasteiger partial charge in [0, 0.05) is 37.3 Å². The van der Waals surface area contributed by atoms with Gasteiger partial charge in [-0.15, -0.1) is 0 Å². The minimum atomic E-state index is -3.58. The van der Waals surface area contributed by atoms with Gasteiger partial charge in [0.05, 0.1) is 10.5 Å². The van der Waals surface area contributed by atoms with E-state index in [2.05, 4.69) is 22.1 Å². The molecule has 3 aromatic rings. The third kappa shape index (κ3) is 4.73. The molecular formula is C25H27N3O4S. The SMILES string of the molecule is Cc1ccccc1S(=O)(=O)N1CCC(Cc2ncc(C(=O)CO)cn2)(c2ccccc2)CC1. The van der Waals surface area contributed by atoms with Crippen molar-refractivity contribution in [1.82, 2.24) is 14.3 Å². The number of sulfonamides is 1. The van der Waals surface area contributed by atoms with Gasteiger partial charge in [-0.3, -0.25) is 4.79 Å². The van der Waals surface area contributed by atoms with E-state index in [0.29, 0.717) is 43.1 Å². The number of rotatable bonds is 7. The summed E-state index contributed by atoms with van der Waals surface area (Å²) in [6.07, 6.45) is 4.67. The number of benzene rings is 2. The zero-order valence-electron chi connectivity index (χ0n) is 18.5. The van der Waals surface area contributed by atoms with E-state index in [4.69, 9.17) is 5.11 Å². The first-order valence-corrected chi connectivity index (χ1v) is 12.4. The summed E-state index contributed by atoms with van der Waals surface area (Å²) < 4.78 is 28.2. The number of aromatic nitrogens is 2. The summed E-state index contributed by atoms with van der Waals surface area (Å²) in [7, 11) is -3.58. The van der Waals surface area contributed by atoms with Gasteiger partial charge in [-0.25, -0.2) is 18.4 Å². The lowest BCUT2D eigenvalue weighted by Crippen LogP contribution is -2.46. The number of hydrogen-bond acceptors (Lipinski definition) is 6. The second-order valence-electron chi connectivity index (χ2n) is 8.46. The lowest BCUT2D eigenvalue weighted by atomic mass is 9.70. The van der Waals surface area contributed by atoms with E-state index in [1.807, 2.05) is 37.3 Å². The number of carbonyl (C=O) groups is 1. The second-order valence-corrected chi connectivity index (χ2v) is 10.4. The molecule has 1 aliphatic rings. The number of aliphatic hydroxyl groups is 1. The van der Waals surface area contributed by atoms with Crippen LogP contribution in [0.25, 0.3) is 0 Å². The Hall–Kier alpha value is -2.94. The molecule has 2 aromatic carbocycles. The lowest BCUT2D eigenvalue weighted by Gasteiger charge is -2.41. The van der Waals surface area contributed by atoms with Crippen LogP contribution in [0.15, 0.2) is 71.9 Å². The van der Waals surface area contributed by atoms with Crippen molar-refractivity contribution >= 4 is 15.8 Å². The highest BCUT2D eigenvalue weighted by molar-refractivity contribution is 7.89. The van der Waals surface area contributed by atoms with Gasteiger partial charge >= 0.3 is 0 Å². The standard InChI is InChI=1S/C25H27N3O4S/c1-19-7-5-6-10-23(19)33(31,32)28-13-11-25(12-14-28,21-8-3-2-4-9-21)15-24-26-16-20(17-27-24)22(30)18-29/h2-10,16-17,29H,11-15,18H2,1H3. The van der Waals surface area contributed by atoms with Crippen molar-refractivity contribution in [3.63, 3.8) is 0 Å². The van der Waals surface area contributed by atoms with Gasteiger partial charge in [-0.1, -0.05) is 48.5 Å². The monoisotopic (exact) mass is 465 g/mol. The molecule has 33 heavy (non-hydrogen) atoms. The molecule has 0 aliphatic carbocycles. The van der Waals surface area contributed by atoms with Gasteiger partial charge < -0.3 is 5.11 Å². The van der Waals surface area contributed by atoms with E-state index in [1.165, 1.54) is 12.4 Å². The molecule has 0 radical (unpaired) electrons. The summed E-state index contributed by atoms with van der Waals surface area (Å²) in [5, 5.41) is 9.04. The normalized spacial score (nSPS) is 16.4. The van der Waals surface area contributed by atoms with Crippen molar-refractivity contribution in [2.75, 3.05) is 19.7 Å². The topological polar surface area (TPSA) is 100 Å². The fraction of sp³-hybridized carbons (Fsp3) is 0.320. The molecule has 172 valence electrons. The molecule has 2 heterocycles. The number of carbonyl (C=O) groups excluding carboxylic acids is 1. The summed E-state index contributed by atoms with van der Waals surface area (Å²) in [6, 6.07) is 17.1. The average molecular weight is 466 g/mol. The van der Waals surface area contributed by atoms with E-state index in [0.717, 1.165) is 11.1 Å². The van der Waals surface area contributed by atoms with Crippen molar-refractivity contribution in [3.05, 3.63) is 89.5 Å². The van der Waals surface area contributed by atoms with E-state index in [1.54, 1.807) is 16.4 Å². The quantitative estimate of drug-likeness (QED) is 0.539. The Kier molecular flexibility index (Phi) is 6.69. The summed E-state index contributed by atoms with van der Waals surface area (Å²) in [6.45, 7) is 2.02. The number of aryl methyl sites for hydroxylation is 1. The number of aliphatic hydroxyl groups excluding tert-OH is 1. The van der Waals surface area contributed by atoms with Gasteiger partial charge in [-0.05, 0) is 37.0 Å². The van der Waals surface area contributed by atoms with Gasteiger partial charge in [0.25, 0.3) is 0 Å². The van der Waals surface area contributed by atoms with Crippen LogP contribution in [0.4, 0.5) is 0 Å². The Morgan fingerprint density at radius 1 is 1.00 bits per heavy atom. The first-order valence-electron chi connectivity index (χ1n) is 10.9. The van der Waals surface area contributed by atoms with Crippen LogP contribution in [-0.4, -0.2) is 53.3 Å². The van der Waals surface area contributed by atoms with Gasteiger partial charge in [-0.2, -0.15) is 4.31 Å². The number of hydrogen-bond donors (Lipinski definition) is 1. The highest BCUT2D eigenvalue weighted by Crippen LogP contribution is 2.39. The Balaban J connectivity index is 1.60. The van der Waals surface area contributed by atoms with Crippen LogP contribution < -0.4 is 0 Å². The molecule has 0 spiro atoms. The van der Waals surface area contributed by atoms with E-state index in [-0.39, 0.29) is 11.0 Å². The maximum absolute atomic E-state index is 13.3. The minimum absolute atomic E-state index is 0.272. The number of piperidine rings is 1. The molecular weight excluding hydrogens is 438 g/mol. The molecule has 0 saturated carbocycles. The third-order valence-electron chi connectivity index (χ3n) is 6.44. The first kappa shape index (κ1) is 23.2. The zero-order valence-corrected chi connectivity index (χ0v) is 19.3. The molecule has 4 rings (SSSR count). The minimum Gasteiger partial charge on any atom is -0.388 e. The average Bonchev–Trinajstić information content (AvgIpc) is 2.85. The lowest BCUT2D eigenvalue weighted by molar-refractivity contribution is 0.0903. The number of Topliss-reactive ketones (excluding diaryl/α,β-unsaturated/α-hetero) is 1. The van der Waals surface area contributed by atoms with Crippen molar-refractivity contribution in [2.24, 2.45) is 0 Å². The van der Waals surface area contributed by atoms with Crippen LogP contribution in [0.1, 0.15) is 40.2 Å². The van der Waals surface area contributed by atoms with Crippen molar-refractivity contribution in [3.8, 4) is 0 Å².